The highest BCUT2D eigenvalue weighted by atomic mass is 16.4. The van der Waals surface area contributed by atoms with E-state index in [0.717, 1.165) is 16.7 Å². The van der Waals surface area contributed by atoms with Gasteiger partial charge in [-0.1, -0.05) is 73.7 Å². The van der Waals surface area contributed by atoms with Crippen LogP contribution in [-0.4, -0.2) is 16.8 Å². The fourth-order valence-corrected chi connectivity index (χ4v) is 2.43. The van der Waals surface area contributed by atoms with Crippen molar-refractivity contribution in [3.63, 3.8) is 0 Å². The Labute approximate surface area is 136 Å². The summed E-state index contributed by atoms with van der Waals surface area (Å²) in [6.45, 7) is 1.92. The lowest BCUT2D eigenvalue weighted by Gasteiger charge is -2.14. The van der Waals surface area contributed by atoms with Crippen molar-refractivity contribution in [2.45, 2.75) is 19.8 Å². The number of carboxylic acids is 1. The van der Waals surface area contributed by atoms with Crippen molar-refractivity contribution >= 4 is 23.8 Å². The molecule has 118 valence electrons. The minimum absolute atomic E-state index is 0.00496. The summed E-state index contributed by atoms with van der Waals surface area (Å²) in [5.74, 6) is -1.10. The van der Waals surface area contributed by atoms with Crippen LogP contribution in [0.3, 0.4) is 0 Å². The molecule has 0 saturated carbocycles. The van der Waals surface area contributed by atoms with Crippen molar-refractivity contribution < 1.29 is 9.90 Å². The second-order valence-corrected chi connectivity index (χ2v) is 5.48. The third-order valence-electron chi connectivity index (χ3n) is 3.81. The molecule has 0 aromatic heterocycles. The van der Waals surface area contributed by atoms with Crippen molar-refractivity contribution in [2.75, 3.05) is 0 Å². The largest absolute Gasteiger partial charge is 0.481 e. The van der Waals surface area contributed by atoms with Crippen LogP contribution in [0.5, 0.6) is 0 Å². The zero-order chi connectivity index (χ0) is 16.7. The van der Waals surface area contributed by atoms with Gasteiger partial charge in [-0.05, 0) is 23.1 Å². The van der Waals surface area contributed by atoms with E-state index in [0.29, 0.717) is 12.1 Å². The predicted molar refractivity (Wildman–Crippen MR) is 94.7 cm³/mol. The van der Waals surface area contributed by atoms with Crippen molar-refractivity contribution in [2.24, 2.45) is 5.92 Å². The highest BCUT2D eigenvalue weighted by Crippen LogP contribution is 2.17. The molecule has 1 unspecified atom stereocenters. The minimum atomic E-state index is -0.857. The first-order valence-electron chi connectivity index (χ1n) is 7.74. The Bertz CT molecular complexity index is 687. The quantitative estimate of drug-likeness (QED) is 0.574. The van der Waals surface area contributed by atoms with Crippen LogP contribution >= 0.6 is 0 Å². The Hall–Kier alpha value is -2.68. The fourth-order valence-electron chi connectivity index (χ4n) is 2.43. The van der Waals surface area contributed by atoms with Gasteiger partial charge in [0.05, 0.1) is 6.42 Å². The first-order valence-corrected chi connectivity index (χ1v) is 7.74. The van der Waals surface area contributed by atoms with Crippen LogP contribution < -0.4 is 0 Å². The van der Waals surface area contributed by atoms with Crippen molar-refractivity contribution in [3.8, 4) is 0 Å². The normalized spacial score (nSPS) is 12.2. The third kappa shape index (κ3) is 4.92. The van der Waals surface area contributed by atoms with E-state index in [1.54, 1.807) is 0 Å². The van der Waals surface area contributed by atoms with Crippen LogP contribution in [-0.2, 0) is 4.79 Å². The summed E-state index contributed by atoms with van der Waals surface area (Å²) in [6.07, 6.45) is 4.72. The van der Waals surface area contributed by atoms with Gasteiger partial charge in [0.15, 0.2) is 0 Å². The van der Waals surface area contributed by atoms with Gasteiger partial charge in [-0.25, -0.2) is 0 Å². The van der Waals surface area contributed by atoms with Gasteiger partial charge in [-0.2, -0.15) is 0 Å². The molecule has 0 amide bonds. The molecule has 0 aliphatic rings. The maximum atomic E-state index is 10.9. The molecule has 0 aliphatic heterocycles. The summed E-state index contributed by atoms with van der Waals surface area (Å²) in [5, 5.41) is 17.1. The van der Waals surface area contributed by atoms with Gasteiger partial charge in [0.1, 0.15) is 0 Å². The standard InChI is InChI=1S/C20H21NO2/c1-2-17(14-19(22)23)20(21)18-12-10-16(11-13-18)9-8-15-6-4-3-5-7-15/h3-13,17,21H,2,14H2,1H3,(H,22,23). The Morgan fingerprint density at radius 1 is 1.04 bits per heavy atom. The van der Waals surface area contributed by atoms with Gasteiger partial charge in [0.2, 0.25) is 0 Å². The van der Waals surface area contributed by atoms with Crippen LogP contribution in [0.25, 0.3) is 12.2 Å². The number of carboxylic acid groups (broad SMARTS) is 1. The second-order valence-electron chi connectivity index (χ2n) is 5.48. The highest BCUT2D eigenvalue weighted by Gasteiger charge is 2.17. The molecule has 2 N–H and O–H groups in total. The molecule has 2 rings (SSSR count). The number of benzene rings is 2. The zero-order valence-electron chi connectivity index (χ0n) is 13.2. The average molecular weight is 307 g/mol. The molecule has 0 spiro atoms. The van der Waals surface area contributed by atoms with Gasteiger partial charge < -0.3 is 10.5 Å². The van der Waals surface area contributed by atoms with E-state index in [2.05, 4.69) is 0 Å². The zero-order valence-corrected chi connectivity index (χ0v) is 13.2. The Morgan fingerprint density at radius 2 is 1.61 bits per heavy atom. The molecule has 0 fully saturated rings. The second kappa shape index (κ2) is 8.08. The van der Waals surface area contributed by atoms with Gasteiger partial charge in [0.25, 0.3) is 0 Å². The lowest BCUT2D eigenvalue weighted by molar-refractivity contribution is -0.137. The molecule has 3 heteroatoms. The molecule has 0 heterocycles. The number of nitrogens with one attached hydrogen (secondary N) is 1. The topological polar surface area (TPSA) is 61.1 Å². The summed E-state index contributed by atoms with van der Waals surface area (Å²) in [7, 11) is 0. The number of hydrogen-bond acceptors (Lipinski definition) is 2. The molecule has 0 radical (unpaired) electrons. The molecule has 0 bridgehead atoms. The monoisotopic (exact) mass is 307 g/mol. The van der Waals surface area contributed by atoms with Gasteiger partial charge in [-0.3, -0.25) is 4.79 Å². The smallest absolute Gasteiger partial charge is 0.304 e. The van der Waals surface area contributed by atoms with E-state index in [9.17, 15) is 4.79 Å². The summed E-state index contributed by atoms with van der Waals surface area (Å²) in [6, 6.07) is 17.7. The van der Waals surface area contributed by atoms with Crippen molar-refractivity contribution in [1.29, 1.82) is 5.41 Å². The highest BCUT2D eigenvalue weighted by molar-refractivity contribution is 6.01. The first kappa shape index (κ1) is 16.7. The summed E-state index contributed by atoms with van der Waals surface area (Å²) in [4.78, 5) is 10.9. The predicted octanol–water partition coefficient (Wildman–Crippen LogP) is 4.73. The molecule has 1 atom stereocenters. The average Bonchev–Trinajstić information content (AvgIpc) is 2.58. The lowest BCUT2D eigenvalue weighted by atomic mass is 9.91. The molecule has 23 heavy (non-hydrogen) atoms. The molecule has 0 saturated heterocycles. The Balaban J connectivity index is 2.08. The molecule has 2 aromatic rings. The summed E-state index contributed by atoms with van der Waals surface area (Å²) >= 11 is 0. The van der Waals surface area contributed by atoms with E-state index in [1.165, 1.54) is 0 Å². The van der Waals surface area contributed by atoms with E-state index in [-0.39, 0.29) is 12.3 Å². The van der Waals surface area contributed by atoms with Crippen LogP contribution in [0, 0.1) is 11.3 Å². The number of carbonyl (C=O) groups is 1. The van der Waals surface area contributed by atoms with Crippen LogP contribution in [0.4, 0.5) is 0 Å². The van der Waals surface area contributed by atoms with Crippen LogP contribution in [0.1, 0.15) is 36.5 Å². The number of aliphatic carboxylic acids is 1. The number of hydrogen-bond donors (Lipinski definition) is 2. The van der Waals surface area contributed by atoms with Crippen LogP contribution in [0.2, 0.25) is 0 Å². The molecule has 2 aromatic carbocycles. The maximum absolute atomic E-state index is 10.9. The maximum Gasteiger partial charge on any atom is 0.304 e. The molecular formula is C20H21NO2. The van der Waals surface area contributed by atoms with Crippen molar-refractivity contribution in [1.82, 2.24) is 0 Å². The molecular weight excluding hydrogens is 286 g/mol. The summed E-state index contributed by atoms with van der Waals surface area (Å²) < 4.78 is 0. The van der Waals surface area contributed by atoms with E-state index in [1.807, 2.05) is 73.7 Å². The van der Waals surface area contributed by atoms with Crippen molar-refractivity contribution in [3.05, 3.63) is 71.3 Å². The van der Waals surface area contributed by atoms with Gasteiger partial charge >= 0.3 is 5.97 Å². The summed E-state index contributed by atoms with van der Waals surface area (Å²) in [5.41, 5.74) is 3.37. The SMILES string of the molecule is CCC(CC(=O)O)C(=N)c1ccc(C=Cc2ccccc2)cc1. The van der Waals surface area contributed by atoms with E-state index >= 15 is 0 Å². The third-order valence-corrected chi connectivity index (χ3v) is 3.81. The lowest BCUT2D eigenvalue weighted by Crippen LogP contribution is -2.17. The van der Waals surface area contributed by atoms with E-state index in [4.69, 9.17) is 10.5 Å². The number of rotatable bonds is 7. The Kier molecular flexibility index (Phi) is 5.87. The minimum Gasteiger partial charge on any atom is -0.481 e. The van der Waals surface area contributed by atoms with Gasteiger partial charge in [0, 0.05) is 11.6 Å². The Morgan fingerprint density at radius 3 is 2.13 bits per heavy atom. The van der Waals surface area contributed by atoms with Gasteiger partial charge in [-0.15, -0.1) is 0 Å². The molecule has 3 nitrogen and oxygen atoms in total. The van der Waals surface area contributed by atoms with E-state index < -0.39 is 5.97 Å². The first-order chi connectivity index (χ1) is 11.1. The van der Waals surface area contributed by atoms with Crippen LogP contribution in [0.15, 0.2) is 54.6 Å². The fraction of sp³-hybridized carbons (Fsp3) is 0.200. The molecule has 0 aliphatic carbocycles.